The van der Waals surface area contributed by atoms with Gasteiger partial charge in [0.15, 0.2) is 5.90 Å². The van der Waals surface area contributed by atoms with E-state index in [4.69, 9.17) is 25.3 Å². The second-order valence-electron chi connectivity index (χ2n) is 2.71. The molecule has 0 aromatic carbocycles. The van der Waals surface area contributed by atoms with Crippen molar-refractivity contribution in [1.29, 1.82) is 0 Å². The predicted molar refractivity (Wildman–Crippen MR) is 48.3 cm³/mol. The first kappa shape index (κ1) is 15.7. The van der Waals surface area contributed by atoms with Crippen LogP contribution in [0.2, 0.25) is 0 Å². The van der Waals surface area contributed by atoms with Crippen LogP contribution >= 0.6 is 15.2 Å². The topological polar surface area (TPSA) is 141 Å². The third-order valence-electron chi connectivity index (χ3n) is 0.368. The lowest BCUT2D eigenvalue weighted by Gasteiger charge is -2.03. The van der Waals surface area contributed by atoms with Crippen molar-refractivity contribution in [3.8, 4) is 0 Å². The van der Waals surface area contributed by atoms with Gasteiger partial charge in [-0.2, -0.15) is 0 Å². The molecule has 0 aromatic rings. The summed E-state index contributed by atoms with van der Waals surface area (Å²) in [6.07, 6.45) is 0. The lowest BCUT2D eigenvalue weighted by molar-refractivity contribution is 0.357. The van der Waals surface area contributed by atoms with Gasteiger partial charge in [-0.05, 0) is 6.04 Å². The van der Waals surface area contributed by atoms with Crippen LogP contribution in [0.4, 0.5) is 0 Å². The van der Waals surface area contributed by atoms with Gasteiger partial charge in [-0.15, -0.1) is 0 Å². The van der Waals surface area contributed by atoms with Crippen molar-refractivity contribution in [2.24, 2.45) is 5.73 Å². The second-order valence-corrected chi connectivity index (χ2v) is 6.50. The molecule has 0 atom stereocenters. The van der Waals surface area contributed by atoms with Gasteiger partial charge >= 0.3 is 15.2 Å². The lowest BCUT2D eigenvalue weighted by Crippen LogP contribution is -2.06. The molecule has 82 valence electrons. The van der Waals surface area contributed by atoms with E-state index >= 15 is 0 Å². The molecule has 0 aromatic heterocycles. The van der Waals surface area contributed by atoms with Crippen LogP contribution in [0.15, 0.2) is 0 Å². The second kappa shape index (κ2) is 5.88. The third kappa shape index (κ3) is 32.9. The average Bonchev–Trinajstić information content (AvgIpc) is 1.47. The summed E-state index contributed by atoms with van der Waals surface area (Å²) in [6.45, 7) is 3.89. The summed E-state index contributed by atoms with van der Waals surface area (Å²) < 4.78 is 19.7. The number of hydrogen-bond acceptors (Lipinski definition) is 3. The summed E-state index contributed by atoms with van der Waals surface area (Å²) >= 11 is 0. The van der Waals surface area contributed by atoms with Gasteiger partial charge in [-0.3, -0.25) is 9.13 Å². The molecule has 13 heavy (non-hydrogen) atoms. The summed E-state index contributed by atoms with van der Waals surface area (Å²) in [5.41, 5.74) is 5.11. The monoisotopic (exact) mass is 235 g/mol. The van der Waals surface area contributed by atoms with E-state index in [0.717, 1.165) is 0 Å². The van der Waals surface area contributed by atoms with Crippen LogP contribution in [-0.4, -0.2) is 31.5 Å². The van der Waals surface area contributed by atoms with E-state index in [1.165, 1.54) is 0 Å². The fourth-order valence-corrected chi connectivity index (χ4v) is 2.16. The maximum atomic E-state index is 9.85. The van der Waals surface area contributed by atoms with Crippen LogP contribution in [0.25, 0.3) is 0 Å². The zero-order chi connectivity index (χ0) is 11.3. The van der Waals surface area contributed by atoms with Crippen molar-refractivity contribution in [2.75, 3.05) is 5.90 Å². The quantitative estimate of drug-likeness (QED) is 0.412. The van der Waals surface area contributed by atoms with Gasteiger partial charge in [-0.1, -0.05) is 13.8 Å². The summed E-state index contributed by atoms with van der Waals surface area (Å²) in [5.74, 6) is -1.38. The van der Waals surface area contributed by atoms with Gasteiger partial charge in [0.05, 0.1) is 0 Å². The molecule has 0 spiro atoms. The number of nitrogens with two attached hydrogens (primary N) is 1. The Morgan fingerprint density at radius 2 is 1.23 bits per heavy atom. The van der Waals surface area contributed by atoms with Gasteiger partial charge in [0.25, 0.3) is 0 Å². The molecule has 0 saturated carbocycles. The SMILES string of the molecule is CC(C)N.O=P(O)(O)CP(=O)(O)O. The Labute approximate surface area is 76.3 Å². The van der Waals surface area contributed by atoms with Crippen molar-refractivity contribution in [1.82, 2.24) is 0 Å². The maximum absolute atomic E-state index is 9.85. The van der Waals surface area contributed by atoms with Crippen LogP contribution in [0.1, 0.15) is 13.8 Å². The van der Waals surface area contributed by atoms with Crippen molar-refractivity contribution in [3.63, 3.8) is 0 Å². The molecule has 0 aliphatic carbocycles. The standard InChI is InChI=1S/C3H9N.CH6O6P2/c1-3(2)4;2-8(3,4)1-9(5,6)7/h3H,4H2,1-2H3;1H2,(H2,2,3,4)(H2,5,6,7). The fourth-order valence-electron chi connectivity index (χ4n) is 0.240. The molecular weight excluding hydrogens is 220 g/mol. The van der Waals surface area contributed by atoms with Gasteiger partial charge in [0.2, 0.25) is 0 Å². The molecule has 0 radical (unpaired) electrons. The molecule has 0 aliphatic heterocycles. The first-order chi connectivity index (χ1) is 5.44. The first-order valence-corrected chi connectivity index (χ1v) is 6.88. The number of rotatable bonds is 2. The van der Waals surface area contributed by atoms with Gasteiger partial charge in [0.1, 0.15) is 0 Å². The smallest absolute Gasteiger partial charge is 0.328 e. The van der Waals surface area contributed by atoms with Crippen LogP contribution < -0.4 is 5.73 Å². The highest BCUT2D eigenvalue weighted by Gasteiger charge is 2.26. The minimum Gasteiger partial charge on any atom is -0.328 e. The molecule has 0 heterocycles. The van der Waals surface area contributed by atoms with Gasteiger partial charge in [0, 0.05) is 0 Å². The Morgan fingerprint density at radius 3 is 1.23 bits per heavy atom. The van der Waals surface area contributed by atoms with Crippen LogP contribution in [0, 0.1) is 0 Å². The molecule has 0 aliphatic rings. The minimum atomic E-state index is -4.55. The third-order valence-corrected chi connectivity index (χ3v) is 3.32. The Bertz CT molecular complexity index is 194. The van der Waals surface area contributed by atoms with Crippen molar-refractivity contribution < 1.29 is 28.7 Å². The van der Waals surface area contributed by atoms with Crippen molar-refractivity contribution >= 4 is 15.2 Å². The summed E-state index contributed by atoms with van der Waals surface area (Å²) in [6, 6.07) is 0.333. The molecule has 0 saturated heterocycles. The maximum Gasteiger partial charge on any atom is 0.337 e. The van der Waals surface area contributed by atoms with Gasteiger partial charge < -0.3 is 25.3 Å². The zero-order valence-corrected chi connectivity index (χ0v) is 9.15. The van der Waals surface area contributed by atoms with Crippen molar-refractivity contribution in [3.05, 3.63) is 0 Å². The average molecular weight is 235 g/mol. The molecule has 7 nitrogen and oxygen atoms in total. The molecular formula is C4H15NO6P2. The molecule has 9 heteroatoms. The van der Waals surface area contributed by atoms with Crippen LogP contribution in [0.3, 0.4) is 0 Å². The number of hydrogen-bond donors (Lipinski definition) is 5. The van der Waals surface area contributed by atoms with E-state index in [1.54, 1.807) is 0 Å². The van der Waals surface area contributed by atoms with Crippen molar-refractivity contribution in [2.45, 2.75) is 19.9 Å². The minimum absolute atomic E-state index is 0.333. The van der Waals surface area contributed by atoms with E-state index in [9.17, 15) is 9.13 Å². The summed E-state index contributed by atoms with van der Waals surface area (Å²) in [4.78, 5) is 31.9. The van der Waals surface area contributed by atoms with E-state index in [1.807, 2.05) is 13.8 Å². The molecule has 0 rings (SSSR count). The fraction of sp³-hybridized carbons (Fsp3) is 1.00. The lowest BCUT2D eigenvalue weighted by atomic mass is 10.5. The molecule has 6 N–H and O–H groups in total. The predicted octanol–water partition coefficient (Wildman–Crippen LogP) is -0.347. The Kier molecular flexibility index (Phi) is 7.11. The van der Waals surface area contributed by atoms with E-state index < -0.39 is 21.1 Å². The Morgan fingerprint density at radius 1 is 1.08 bits per heavy atom. The normalized spacial score (nSPS) is 12.3. The highest BCUT2D eigenvalue weighted by atomic mass is 31.2. The van der Waals surface area contributed by atoms with Crippen LogP contribution in [0.5, 0.6) is 0 Å². The molecule has 0 unspecified atom stereocenters. The summed E-state index contributed by atoms with van der Waals surface area (Å²) in [7, 11) is -9.10. The zero-order valence-electron chi connectivity index (χ0n) is 7.36. The van der Waals surface area contributed by atoms with Crippen LogP contribution in [-0.2, 0) is 9.13 Å². The van der Waals surface area contributed by atoms with E-state index in [-0.39, 0.29) is 0 Å². The van der Waals surface area contributed by atoms with E-state index in [2.05, 4.69) is 0 Å². The molecule has 0 bridgehead atoms. The highest BCUT2D eigenvalue weighted by molar-refractivity contribution is 7.69. The first-order valence-electron chi connectivity index (χ1n) is 3.29. The molecule has 0 fully saturated rings. The largest absolute Gasteiger partial charge is 0.337 e. The Hall–Kier alpha value is 0.260. The summed E-state index contributed by atoms with van der Waals surface area (Å²) in [5, 5.41) is 0. The molecule has 0 amide bonds. The Balaban J connectivity index is 0. The highest BCUT2D eigenvalue weighted by Crippen LogP contribution is 2.51. The van der Waals surface area contributed by atoms with E-state index in [0.29, 0.717) is 6.04 Å². The van der Waals surface area contributed by atoms with Gasteiger partial charge in [-0.25, -0.2) is 0 Å².